The summed E-state index contributed by atoms with van der Waals surface area (Å²) < 4.78 is 28.9. The molecule has 1 saturated heterocycles. The van der Waals surface area contributed by atoms with Crippen molar-refractivity contribution >= 4 is 16.3 Å². The van der Waals surface area contributed by atoms with E-state index in [9.17, 15) is 13.9 Å². The Balaban J connectivity index is 1.77. The summed E-state index contributed by atoms with van der Waals surface area (Å²) in [6.07, 6.45) is 0.675. The molecule has 3 heterocycles. The number of thiazole rings is 1. The maximum Gasteiger partial charge on any atom is 0.230 e. The number of nitrogens with zero attached hydrogens (tertiary/aromatic N) is 5. The molecule has 1 aliphatic heterocycles. The van der Waals surface area contributed by atoms with E-state index in [0.29, 0.717) is 27.6 Å². The zero-order chi connectivity index (χ0) is 19.8. The summed E-state index contributed by atoms with van der Waals surface area (Å²) in [4.78, 5) is 10.2. The molecule has 3 aromatic rings. The second kappa shape index (κ2) is 7.73. The highest BCUT2D eigenvalue weighted by molar-refractivity contribution is 7.17. The van der Waals surface area contributed by atoms with Gasteiger partial charge in [0.05, 0.1) is 10.9 Å². The predicted octanol–water partition coefficient (Wildman–Crippen LogP) is 3.06. The molecule has 0 amide bonds. The Morgan fingerprint density at radius 2 is 1.89 bits per heavy atom. The van der Waals surface area contributed by atoms with Crippen molar-refractivity contribution in [3.63, 3.8) is 0 Å². The number of piperazine rings is 1. The fourth-order valence-electron chi connectivity index (χ4n) is 3.67. The second-order valence-electron chi connectivity index (χ2n) is 6.91. The van der Waals surface area contributed by atoms with Crippen LogP contribution in [0, 0.1) is 11.6 Å². The monoisotopic (exact) mass is 407 g/mol. The molecule has 1 aromatic carbocycles. The van der Waals surface area contributed by atoms with Gasteiger partial charge in [-0.3, -0.25) is 4.90 Å². The van der Waals surface area contributed by atoms with Crippen molar-refractivity contribution < 1.29 is 13.9 Å². The summed E-state index contributed by atoms with van der Waals surface area (Å²) in [5, 5.41) is 15.2. The van der Waals surface area contributed by atoms with E-state index in [2.05, 4.69) is 26.8 Å². The first-order valence-electron chi connectivity index (χ1n) is 9.50. The maximum atomic E-state index is 14.0. The fraction of sp³-hybridized carbons (Fsp3) is 0.474. The van der Waals surface area contributed by atoms with Gasteiger partial charge in [0, 0.05) is 32.6 Å². The largest absolute Gasteiger partial charge is 0.492 e. The third-order valence-electron chi connectivity index (χ3n) is 5.29. The lowest BCUT2D eigenvalue weighted by Gasteiger charge is -2.38. The molecule has 1 fully saturated rings. The van der Waals surface area contributed by atoms with Crippen LogP contribution in [0.1, 0.15) is 36.2 Å². The highest BCUT2D eigenvalue weighted by Gasteiger charge is 2.32. The van der Waals surface area contributed by atoms with Crippen molar-refractivity contribution in [1.82, 2.24) is 24.4 Å². The minimum Gasteiger partial charge on any atom is -0.492 e. The molecule has 9 heteroatoms. The van der Waals surface area contributed by atoms with Crippen LogP contribution in [0.3, 0.4) is 0 Å². The summed E-state index contributed by atoms with van der Waals surface area (Å²) in [6, 6.07) is 3.57. The van der Waals surface area contributed by atoms with Crippen LogP contribution in [-0.4, -0.2) is 62.2 Å². The van der Waals surface area contributed by atoms with E-state index in [1.165, 1.54) is 21.9 Å². The number of aromatic hydroxyl groups is 1. The first-order chi connectivity index (χ1) is 13.5. The molecule has 28 heavy (non-hydrogen) atoms. The second-order valence-corrected chi connectivity index (χ2v) is 7.92. The van der Waals surface area contributed by atoms with Crippen molar-refractivity contribution in [3.8, 4) is 5.88 Å². The highest BCUT2D eigenvalue weighted by Crippen LogP contribution is 2.40. The number of aryl methyl sites for hydroxylation is 1. The molecular formula is C19H23F2N5OS. The van der Waals surface area contributed by atoms with E-state index in [4.69, 9.17) is 0 Å². The third kappa shape index (κ3) is 3.38. The summed E-state index contributed by atoms with van der Waals surface area (Å²) in [6.45, 7) is 8.37. The number of hydrogen-bond donors (Lipinski definition) is 1. The zero-order valence-corrected chi connectivity index (χ0v) is 16.7. The van der Waals surface area contributed by atoms with Crippen LogP contribution in [0.4, 0.5) is 8.78 Å². The highest BCUT2D eigenvalue weighted by atomic mass is 32.1. The molecule has 0 radical (unpaired) electrons. The smallest absolute Gasteiger partial charge is 0.230 e. The van der Waals surface area contributed by atoms with Gasteiger partial charge in [-0.25, -0.2) is 13.8 Å². The Kier molecular flexibility index (Phi) is 5.31. The van der Waals surface area contributed by atoms with Crippen LogP contribution in [0.15, 0.2) is 18.2 Å². The quantitative estimate of drug-likeness (QED) is 0.705. The number of rotatable bonds is 5. The van der Waals surface area contributed by atoms with Crippen LogP contribution in [0.2, 0.25) is 0 Å². The Hall–Kier alpha value is -2.10. The van der Waals surface area contributed by atoms with Gasteiger partial charge in [-0.05, 0) is 24.2 Å². The summed E-state index contributed by atoms with van der Waals surface area (Å²) in [7, 11) is 0. The number of likely N-dealkylation sites (N-methyl/N-ethyl adjacent to an activating group) is 1. The van der Waals surface area contributed by atoms with Crippen LogP contribution >= 0.6 is 11.3 Å². The number of aromatic nitrogens is 3. The summed E-state index contributed by atoms with van der Waals surface area (Å²) in [5.41, 5.74) is 0.611. The molecule has 1 unspecified atom stereocenters. The molecule has 2 aromatic heterocycles. The van der Waals surface area contributed by atoms with Crippen molar-refractivity contribution in [2.24, 2.45) is 0 Å². The van der Waals surface area contributed by atoms with Crippen molar-refractivity contribution in [3.05, 3.63) is 46.1 Å². The first kappa shape index (κ1) is 19.2. The van der Waals surface area contributed by atoms with Gasteiger partial charge in [-0.1, -0.05) is 31.3 Å². The van der Waals surface area contributed by atoms with E-state index in [-0.39, 0.29) is 11.9 Å². The number of halogens is 2. The molecule has 6 nitrogen and oxygen atoms in total. The average molecular weight is 407 g/mol. The minimum absolute atomic E-state index is 0.0138. The fourth-order valence-corrected chi connectivity index (χ4v) is 4.80. The molecule has 1 N–H and O–H groups in total. The Morgan fingerprint density at radius 1 is 1.14 bits per heavy atom. The van der Waals surface area contributed by atoms with Crippen molar-refractivity contribution in [2.45, 2.75) is 26.3 Å². The van der Waals surface area contributed by atoms with Gasteiger partial charge in [0.25, 0.3) is 0 Å². The Bertz CT molecular complexity index is 980. The number of hydrogen-bond acceptors (Lipinski definition) is 6. The van der Waals surface area contributed by atoms with E-state index < -0.39 is 11.6 Å². The molecule has 0 aliphatic carbocycles. The van der Waals surface area contributed by atoms with Gasteiger partial charge < -0.3 is 10.0 Å². The number of benzene rings is 1. The van der Waals surface area contributed by atoms with Crippen LogP contribution < -0.4 is 0 Å². The van der Waals surface area contributed by atoms with E-state index >= 15 is 0 Å². The Labute approximate surface area is 166 Å². The topological polar surface area (TPSA) is 56.9 Å². The molecule has 0 saturated carbocycles. The van der Waals surface area contributed by atoms with Crippen LogP contribution in [0.5, 0.6) is 5.88 Å². The molecule has 1 aliphatic rings. The Morgan fingerprint density at radius 3 is 2.50 bits per heavy atom. The summed E-state index contributed by atoms with van der Waals surface area (Å²) in [5.74, 6) is -1.09. The minimum atomic E-state index is -0.887. The van der Waals surface area contributed by atoms with Gasteiger partial charge in [0.2, 0.25) is 10.8 Å². The molecule has 4 rings (SSSR count). The first-order valence-corrected chi connectivity index (χ1v) is 10.3. The third-order valence-corrected chi connectivity index (χ3v) is 6.36. The van der Waals surface area contributed by atoms with E-state index in [0.717, 1.165) is 38.8 Å². The standard InChI is InChI=1S/C19H23F2N5OS/c1-3-15-22-19-26(23-15)18(27)17(28-19)16(12-5-6-13(20)14(21)11-12)25-9-7-24(4-2)8-10-25/h5-6,11,16,27H,3-4,7-10H2,1-2H3. The maximum absolute atomic E-state index is 14.0. The summed E-state index contributed by atoms with van der Waals surface area (Å²) >= 11 is 1.34. The average Bonchev–Trinajstić information content (AvgIpc) is 3.25. The molecule has 0 spiro atoms. The SMILES string of the molecule is CCc1nc2sc(C(c3ccc(F)c(F)c3)N3CCN(CC)CC3)c(O)n2n1. The van der Waals surface area contributed by atoms with Crippen molar-refractivity contribution in [1.29, 1.82) is 0 Å². The van der Waals surface area contributed by atoms with Crippen molar-refractivity contribution in [2.75, 3.05) is 32.7 Å². The lowest BCUT2D eigenvalue weighted by Crippen LogP contribution is -2.47. The lowest BCUT2D eigenvalue weighted by atomic mass is 10.0. The van der Waals surface area contributed by atoms with E-state index in [1.807, 2.05) is 6.92 Å². The molecule has 0 bridgehead atoms. The van der Waals surface area contributed by atoms with Crippen LogP contribution in [-0.2, 0) is 6.42 Å². The normalized spacial score (nSPS) is 17.4. The van der Waals surface area contributed by atoms with Crippen LogP contribution in [0.25, 0.3) is 4.96 Å². The molecule has 1 atom stereocenters. The van der Waals surface area contributed by atoms with Gasteiger partial charge in [-0.15, -0.1) is 5.10 Å². The van der Waals surface area contributed by atoms with Gasteiger partial charge in [0.15, 0.2) is 17.5 Å². The number of fused-ring (bicyclic) bond motifs is 1. The van der Waals surface area contributed by atoms with E-state index in [1.54, 1.807) is 6.07 Å². The van der Waals surface area contributed by atoms with Gasteiger partial charge >= 0.3 is 0 Å². The van der Waals surface area contributed by atoms with Gasteiger partial charge in [-0.2, -0.15) is 4.52 Å². The zero-order valence-electron chi connectivity index (χ0n) is 15.9. The predicted molar refractivity (Wildman–Crippen MR) is 104 cm³/mol. The molecule has 150 valence electrons. The van der Waals surface area contributed by atoms with Gasteiger partial charge in [0.1, 0.15) is 0 Å². The lowest BCUT2D eigenvalue weighted by molar-refractivity contribution is 0.113. The molecular weight excluding hydrogens is 384 g/mol.